The highest BCUT2D eigenvalue weighted by molar-refractivity contribution is 7.91. The molecule has 0 amide bonds. The van der Waals surface area contributed by atoms with Crippen LogP contribution in [-0.2, 0) is 22.2 Å². The normalized spacial score (nSPS) is 17.0. The van der Waals surface area contributed by atoms with Crippen LogP contribution >= 0.6 is 23.2 Å². The summed E-state index contributed by atoms with van der Waals surface area (Å²) in [4.78, 5) is 0. The molecular weight excluding hydrogens is 433 g/mol. The summed E-state index contributed by atoms with van der Waals surface area (Å²) in [5.74, 6) is 1.46. The number of hydrogen-bond donors (Lipinski definition) is 0. The summed E-state index contributed by atoms with van der Waals surface area (Å²) in [6.45, 7) is 0.349. The van der Waals surface area contributed by atoms with E-state index >= 15 is 0 Å². The lowest BCUT2D eigenvalue weighted by atomic mass is 10.1. The average molecular weight is 452 g/mol. The lowest BCUT2D eigenvalue weighted by molar-refractivity contribution is 0.305. The molecule has 0 bridgehead atoms. The lowest BCUT2D eigenvalue weighted by Gasteiger charge is -2.12. The maximum atomic E-state index is 12.4. The molecule has 0 aliphatic heterocycles. The fourth-order valence-corrected chi connectivity index (χ4v) is 5.67. The van der Waals surface area contributed by atoms with Gasteiger partial charge in [0.25, 0.3) is 0 Å². The van der Waals surface area contributed by atoms with Crippen LogP contribution in [0.25, 0.3) is 5.65 Å². The number of halogens is 2. The van der Waals surface area contributed by atoms with Crippen LogP contribution in [0.5, 0.6) is 5.75 Å². The van der Waals surface area contributed by atoms with Crippen molar-refractivity contribution in [1.29, 1.82) is 0 Å². The minimum atomic E-state index is -3.16. The van der Waals surface area contributed by atoms with Crippen molar-refractivity contribution in [2.75, 3.05) is 0 Å². The average Bonchev–Trinajstić information content (AvgIpc) is 3.56. The van der Waals surface area contributed by atoms with Crippen LogP contribution < -0.4 is 4.74 Å². The Morgan fingerprint density at radius 3 is 2.41 bits per heavy atom. The second-order valence-electron chi connectivity index (χ2n) is 7.77. The van der Waals surface area contributed by atoms with Gasteiger partial charge in [0.15, 0.2) is 21.3 Å². The van der Waals surface area contributed by atoms with Crippen LogP contribution in [0.1, 0.15) is 48.6 Å². The highest BCUT2D eigenvalue weighted by Gasteiger charge is 2.36. The molecule has 2 heterocycles. The quantitative estimate of drug-likeness (QED) is 0.525. The van der Waals surface area contributed by atoms with Crippen molar-refractivity contribution < 1.29 is 13.2 Å². The van der Waals surface area contributed by atoms with Gasteiger partial charge < -0.3 is 4.74 Å². The molecule has 0 saturated heterocycles. The molecular formula is C20H19Cl2N3O3S. The number of sulfone groups is 1. The van der Waals surface area contributed by atoms with Crippen LogP contribution in [0.15, 0.2) is 30.5 Å². The van der Waals surface area contributed by atoms with Gasteiger partial charge >= 0.3 is 0 Å². The first-order valence-corrected chi connectivity index (χ1v) is 12.0. The second kappa shape index (κ2) is 7.15. The fourth-order valence-electron chi connectivity index (χ4n) is 3.52. The maximum absolute atomic E-state index is 12.4. The van der Waals surface area contributed by atoms with Crippen LogP contribution in [-0.4, -0.2) is 28.3 Å². The Morgan fingerprint density at radius 1 is 1.03 bits per heavy atom. The van der Waals surface area contributed by atoms with E-state index in [0.29, 0.717) is 39.8 Å². The number of rotatable bonds is 7. The third-order valence-electron chi connectivity index (χ3n) is 5.35. The van der Waals surface area contributed by atoms with E-state index in [9.17, 15) is 8.42 Å². The predicted octanol–water partition coefficient (Wildman–Crippen LogP) is 4.57. The smallest absolute Gasteiger partial charge is 0.161 e. The van der Waals surface area contributed by atoms with E-state index in [-0.39, 0.29) is 11.0 Å². The molecule has 2 saturated carbocycles. The molecule has 0 atom stereocenters. The maximum Gasteiger partial charge on any atom is 0.161 e. The molecule has 2 fully saturated rings. The van der Waals surface area contributed by atoms with E-state index in [1.807, 2.05) is 16.7 Å². The first-order chi connectivity index (χ1) is 13.9. The summed E-state index contributed by atoms with van der Waals surface area (Å²) in [7, 11) is -3.16. The zero-order valence-corrected chi connectivity index (χ0v) is 17.8. The summed E-state index contributed by atoms with van der Waals surface area (Å²) in [5.41, 5.74) is 2.79. The van der Waals surface area contributed by atoms with Crippen LogP contribution in [0.4, 0.5) is 0 Å². The van der Waals surface area contributed by atoms with Crippen molar-refractivity contribution in [2.24, 2.45) is 0 Å². The van der Waals surface area contributed by atoms with Crippen molar-refractivity contribution in [1.82, 2.24) is 14.6 Å². The van der Waals surface area contributed by atoms with Crippen molar-refractivity contribution in [2.45, 2.75) is 49.2 Å². The molecule has 0 N–H and O–H groups in total. The van der Waals surface area contributed by atoms with E-state index in [1.54, 1.807) is 18.2 Å². The SMILES string of the molecule is O=S(=O)(Cc1nnc2cc(COc3cc(Cl)cc(Cl)c3)c(C3CC3)cn12)C1CC1. The number of aromatic nitrogens is 3. The molecule has 9 heteroatoms. The molecule has 1 aromatic carbocycles. The fraction of sp³-hybridized carbons (Fsp3) is 0.400. The molecule has 3 aromatic rings. The van der Waals surface area contributed by atoms with Gasteiger partial charge in [0, 0.05) is 16.2 Å². The lowest BCUT2D eigenvalue weighted by Crippen LogP contribution is -2.12. The van der Waals surface area contributed by atoms with Crippen LogP contribution in [0, 0.1) is 0 Å². The molecule has 0 radical (unpaired) electrons. The third-order valence-corrected chi connectivity index (χ3v) is 7.93. The van der Waals surface area contributed by atoms with Gasteiger partial charge in [-0.05, 0) is 67.0 Å². The Morgan fingerprint density at radius 2 is 1.76 bits per heavy atom. The zero-order valence-electron chi connectivity index (χ0n) is 15.5. The van der Waals surface area contributed by atoms with E-state index in [2.05, 4.69) is 10.2 Å². The predicted molar refractivity (Wildman–Crippen MR) is 111 cm³/mol. The van der Waals surface area contributed by atoms with Crippen molar-refractivity contribution in [3.63, 3.8) is 0 Å². The minimum Gasteiger partial charge on any atom is -0.489 e. The third kappa shape index (κ3) is 4.09. The van der Waals surface area contributed by atoms with E-state index in [1.165, 1.54) is 0 Å². The monoisotopic (exact) mass is 451 g/mol. The largest absolute Gasteiger partial charge is 0.489 e. The number of ether oxygens (including phenoxy) is 1. The molecule has 152 valence electrons. The number of fused-ring (bicyclic) bond motifs is 1. The highest BCUT2D eigenvalue weighted by Crippen LogP contribution is 2.42. The first-order valence-electron chi connectivity index (χ1n) is 9.56. The Kier molecular flexibility index (Phi) is 4.72. The Bertz CT molecular complexity index is 1180. The second-order valence-corrected chi connectivity index (χ2v) is 10.9. The number of benzene rings is 1. The number of pyridine rings is 1. The summed E-state index contributed by atoms with van der Waals surface area (Å²) >= 11 is 12.1. The molecule has 0 unspecified atom stereocenters. The minimum absolute atomic E-state index is 0.0696. The van der Waals surface area contributed by atoms with E-state index in [4.69, 9.17) is 27.9 Å². The topological polar surface area (TPSA) is 73.6 Å². The summed E-state index contributed by atoms with van der Waals surface area (Å²) in [6, 6.07) is 7.03. The molecule has 5 rings (SSSR count). The number of hydrogen-bond acceptors (Lipinski definition) is 5. The summed E-state index contributed by atoms with van der Waals surface area (Å²) < 4.78 is 32.5. The van der Waals surface area contributed by atoms with Gasteiger partial charge in [0.05, 0.1) is 5.25 Å². The van der Waals surface area contributed by atoms with Crippen molar-refractivity contribution in [3.05, 3.63) is 57.5 Å². The molecule has 2 aromatic heterocycles. The number of nitrogens with zero attached hydrogens (tertiary/aromatic N) is 3. The van der Waals surface area contributed by atoms with Gasteiger partial charge in [-0.3, -0.25) is 4.40 Å². The molecule has 29 heavy (non-hydrogen) atoms. The van der Waals surface area contributed by atoms with Gasteiger partial charge in [-0.2, -0.15) is 0 Å². The Hall–Kier alpha value is -1.83. The Labute approximate surface area is 178 Å². The highest BCUT2D eigenvalue weighted by atomic mass is 35.5. The van der Waals surface area contributed by atoms with E-state index < -0.39 is 9.84 Å². The van der Waals surface area contributed by atoms with Crippen molar-refractivity contribution >= 4 is 38.7 Å². The van der Waals surface area contributed by atoms with Gasteiger partial charge in [0.1, 0.15) is 18.1 Å². The molecule has 0 spiro atoms. The first kappa shape index (κ1) is 19.2. The molecule has 2 aliphatic rings. The van der Waals surface area contributed by atoms with Crippen LogP contribution in [0.2, 0.25) is 10.0 Å². The van der Waals surface area contributed by atoms with E-state index in [0.717, 1.165) is 36.8 Å². The summed E-state index contributed by atoms with van der Waals surface area (Å²) in [6.07, 6.45) is 5.70. The van der Waals surface area contributed by atoms with Gasteiger partial charge in [-0.25, -0.2) is 8.42 Å². The van der Waals surface area contributed by atoms with Gasteiger partial charge in [-0.1, -0.05) is 23.2 Å². The Balaban J connectivity index is 1.45. The van der Waals surface area contributed by atoms with Gasteiger partial charge in [-0.15, -0.1) is 10.2 Å². The summed E-state index contributed by atoms with van der Waals surface area (Å²) in [5, 5.41) is 9.17. The zero-order chi connectivity index (χ0) is 20.2. The van der Waals surface area contributed by atoms with Crippen molar-refractivity contribution in [3.8, 4) is 5.75 Å². The molecule has 6 nitrogen and oxygen atoms in total. The standard InChI is InChI=1S/C20H19Cl2N3O3S/c21-14-6-15(22)8-16(7-14)28-10-13-5-19-23-24-20(11-29(26,27)17-3-4-17)25(19)9-18(13)12-1-2-12/h5-9,12,17H,1-4,10-11H2. The van der Waals surface area contributed by atoms with Crippen LogP contribution in [0.3, 0.4) is 0 Å². The van der Waals surface area contributed by atoms with Gasteiger partial charge in [0.2, 0.25) is 0 Å². The molecule has 2 aliphatic carbocycles.